The monoisotopic (exact) mass is 469 g/mol. The minimum absolute atomic E-state index is 0.0583. The van der Waals surface area contributed by atoms with Gasteiger partial charge in [-0.3, -0.25) is 25.1 Å². The van der Waals surface area contributed by atoms with Gasteiger partial charge in [0.1, 0.15) is 11.3 Å². The number of amides is 2. The highest BCUT2D eigenvalue weighted by atomic mass is 19.4. The number of benzene rings is 3. The quantitative estimate of drug-likeness (QED) is 0.249. The number of nitro benzene ring substituents is 1. The summed E-state index contributed by atoms with van der Waals surface area (Å²) in [5.74, 6) is -1.55. The maximum Gasteiger partial charge on any atom is 0.416 e. The number of halogens is 3. The molecule has 0 spiro atoms. The number of hydrazine groups is 1. The molecule has 3 aromatic rings. The molecule has 0 aliphatic carbocycles. The van der Waals surface area contributed by atoms with Crippen LogP contribution in [0, 0.1) is 10.1 Å². The Kier molecular flexibility index (Phi) is 5.76. The molecule has 3 aromatic carbocycles. The topological polar surface area (TPSA) is 102 Å². The van der Waals surface area contributed by atoms with Gasteiger partial charge in [-0.15, -0.1) is 0 Å². The first kappa shape index (κ1) is 22.5. The number of carbonyl (C=O) groups is 2. The lowest BCUT2D eigenvalue weighted by molar-refractivity contribution is -0.385. The van der Waals surface area contributed by atoms with Crippen molar-refractivity contribution in [3.63, 3.8) is 0 Å². The first-order valence-corrected chi connectivity index (χ1v) is 9.69. The van der Waals surface area contributed by atoms with E-state index in [1.165, 1.54) is 24.3 Å². The number of hydrogen-bond donors (Lipinski definition) is 1. The van der Waals surface area contributed by atoms with Crippen molar-refractivity contribution in [2.45, 2.75) is 6.18 Å². The Hall–Kier alpha value is -4.67. The number of nitrogens with zero attached hydrogens (tertiary/aromatic N) is 2. The number of hydrogen-bond acceptors (Lipinski definition) is 5. The van der Waals surface area contributed by atoms with Gasteiger partial charge in [-0.1, -0.05) is 30.3 Å². The molecule has 4 rings (SSSR count). The molecule has 1 fully saturated rings. The molecular weight excluding hydrogens is 455 g/mol. The van der Waals surface area contributed by atoms with Gasteiger partial charge in [-0.25, -0.2) is 5.01 Å². The van der Waals surface area contributed by atoms with E-state index in [9.17, 15) is 32.9 Å². The lowest BCUT2D eigenvalue weighted by atomic mass is 10.1. The number of carbonyl (C=O) groups excluding carboxylic acids is 2. The summed E-state index contributed by atoms with van der Waals surface area (Å²) in [7, 11) is 0. The fourth-order valence-corrected chi connectivity index (χ4v) is 3.20. The summed E-state index contributed by atoms with van der Waals surface area (Å²) < 4.78 is 44.2. The molecule has 1 aliphatic heterocycles. The van der Waals surface area contributed by atoms with Crippen LogP contribution in [0.5, 0.6) is 11.5 Å². The van der Waals surface area contributed by atoms with Crippen molar-refractivity contribution in [2.24, 2.45) is 0 Å². The molecule has 0 unspecified atom stereocenters. The largest absolute Gasteiger partial charge is 0.450 e. The minimum Gasteiger partial charge on any atom is -0.450 e. The van der Waals surface area contributed by atoms with Gasteiger partial charge in [0.15, 0.2) is 0 Å². The van der Waals surface area contributed by atoms with Gasteiger partial charge in [0.25, 0.3) is 11.8 Å². The maximum atomic E-state index is 12.9. The molecule has 1 N–H and O–H groups in total. The first-order valence-electron chi connectivity index (χ1n) is 9.69. The number of ether oxygens (including phenoxy) is 1. The lowest BCUT2D eigenvalue weighted by Gasteiger charge is -2.13. The van der Waals surface area contributed by atoms with Crippen molar-refractivity contribution >= 4 is 29.3 Å². The third kappa shape index (κ3) is 4.58. The predicted octanol–water partition coefficient (Wildman–Crippen LogP) is 4.87. The number of anilines is 1. The fourth-order valence-electron chi connectivity index (χ4n) is 3.20. The molecule has 0 saturated carbocycles. The molecule has 0 atom stereocenters. The number of alkyl halides is 3. The summed E-state index contributed by atoms with van der Waals surface area (Å²) in [5.41, 5.74) is 1.10. The summed E-state index contributed by atoms with van der Waals surface area (Å²) in [4.78, 5) is 35.3. The lowest BCUT2D eigenvalue weighted by Crippen LogP contribution is -2.35. The predicted molar refractivity (Wildman–Crippen MR) is 115 cm³/mol. The third-order valence-electron chi connectivity index (χ3n) is 4.79. The maximum absolute atomic E-state index is 12.9. The van der Waals surface area contributed by atoms with Crippen LogP contribution in [0.4, 0.5) is 24.5 Å². The van der Waals surface area contributed by atoms with Crippen molar-refractivity contribution < 1.29 is 32.4 Å². The van der Waals surface area contributed by atoms with E-state index >= 15 is 0 Å². The van der Waals surface area contributed by atoms with Crippen LogP contribution in [0.2, 0.25) is 0 Å². The van der Waals surface area contributed by atoms with Crippen molar-refractivity contribution in [3.8, 4) is 11.5 Å². The summed E-state index contributed by atoms with van der Waals surface area (Å²) in [6, 6.07) is 16.3. The zero-order valence-electron chi connectivity index (χ0n) is 17.1. The fraction of sp³-hybridized carbons (Fsp3) is 0.0435. The van der Waals surface area contributed by atoms with Crippen LogP contribution in [-0.2, 0) is 15.8 Å². The number of para-hydroxylation sites is 1. The number of rotatable bonds is 5. The molecule has 8 nitrogen and oxygen atoms in total. The molecule has 1 aliphatic rings. The van der Waals surface area contributed by atoms with Gasteiger partial charge in [0.2, 0.25) is 5.75 Å². The Bertz CT molecular complexity index is 1320. The van der Waals surface area contributed by atoms with E-state index in [-0.39, 0.29) is 11.3 Å². The molecule has 172 valence electrons. The van der Waals surface area contributed by atoms with E-state index in [0.29, 0.717) is 23.4 Å². The second kappa shape index (κ2) is 8.70. The van der Waals surface area contributed by atoms with Gasteiger partial charge < -0.3 is 4.74 Å². The van der Waals surface area contributed by atoms with Crippen LogP contribution in [0.25, 0.3) is 6.08 Å². The van der Waals surface area contributed by atoms with Gasteiger partial charge in [-0.05, 0) is 48.0 Å². The van der Waals surface area contributed by atoms with Gasteiger partial charge in [0, 0.05) is 6.07 Å². The van der Waals surface area contributed by atoms with Crippen molar-refractivity contribution in [2.75, 3.05) is 5.01 Å². The second-order valence-corrected chi connectivity index (χ2v) is 7.09. The Morgan fingerprint density at radius 1 is 0.971 bits per heavy atom. The Morgan fingerprint density at radius 3 is 2.38 bits per heavy atom. The van der Waals surface area contributed by atoms with Crippen LogP contribution in [0.1, 0.15) is 11.1 Å². The van der Waals surface area contributed by atoms with Crippen LogP contribution >= 0.6 is 0 Å². The highest BCUT2D eigenvalue weighted by Gasteiger charge is 2.35. The summed E-state index contributed by atoms with van der Waals surface area (Å²) >= 11 is 0. The SMILES string of the molecule is O=C1NN(c2ccccc2)C(=O)/C1=C/c1cccc(Oc2ccc(C(F)(F)F)cc2[N+](=O)[O-])c1. The minimum atomic E-state index is -4.75. The van der Waals surface area contributed by atoms with Crippen molar-refractivity contribution in [1.82, 2.24) is 5.43 Å². The van der Waals surface area contributed by atoms with Gasteiger partial charge in [0.05, 0.1) is 16.2 Å². The van der Waals surface area contributed by atoms with Gasteiger partial charge >= 0.3 is 11.9 Å². The van der Waals surface area contributed by atoms with Crippen molar-refractivity contribution in [1.29, 1.82) is 0 Å². The van der Waals surface area contributed by atoms with E-state index in [1.54, 1.807) is 36.4 Å². The average molecular weight is 469 g/mol. The summed E-state index contributed by atoms with van der Waals surface area (Å²) in [5, 5.41) is 12.4. The highest BCUT2D eigenvalue weighted by molar-refractivity contribution is 6.31. The van der Waals surface area contributed by atoms with E-state index in [0.717, 1.165) is 11.1 Å². The van der Waals surface area contributed by atoms with Crippen LogP contribution in [0.15, 0.2) is 78.4 Å². The molecule has 34 heavy (non-hydrogen) atoms. The molecule has 0 aromatic heterocycles. The molecular formula is C23H14F3N3O5. The number of nitrogens with one attached hydrogen (secondary N) is 1. The molecule has 1 saturated heterocycles. The van der Waals surface area contributed by atoms with Crippen LogP contribution < -0.4 is 15.2 Å². The van der Waals surface area contributed by atoms with Crippen molar-refractivity contribution in [3.05, 3.63) is 99.6 Å². The highest BCUT2D eigenvalue weighted by Crippen LogP contribution is 2.38. The molecule has 0 bridgehead atoms. The van der Waals surface area contributed by atoms with E-state index in [4.69, 9.17) is 4.74 Å². The smallest absolute Gasteiger partial charge is 0.416 e. The van der Waals surface area contributed by atoms with E-state index in [1.807, 2.05) is 0 Å². The molecule has 0 radical (unpaired) electrons. The van der Waals surface area contributed by atoms with E-state index < -0.39 is 39.9 Å². The average Bonchev–Trinajstić information content (AvgIpc) is 3.07. The van der Waals surface area contributed by atoms with Crippen LogP contribution in [0.3, 0.4) is 0 Å². The number of nitro groups is 1. The zero-order valence-corrected chi connectivity index (χ0v) is 17.1. The van der Waals surface area contributed by atoms with Crippen LogP contribution in [-0.4, -0.2) is 16.7 Å². The molecule has 2 amide bonds. The van der Waals surface area contributed by atoms with E-state index in [2.05, 4.69) is 5.43 Å². The summed E-state index contributed by atoms with van der Waals surface area (Å²) in [6.07, 6.45) is -3.44. The third-order valence-corrected chi connectivity index (χ3v) is 4.79. The summed E-state index contributed by atoms with van der Waals surface area (Å²) in [6.45, 7) is 0. The molecule has 1 heterocycles. The normalized spacial score (nSPS) is 14.9. The second-order valence-electron chi connectivity index (χ2n) is 7.09. The Labute approximate surface area is 190 Å². The Morgan fingerprint density at radius 2 is 1.71 bits per heavy atom. The molecule has 11 heteroatoms. The standard InChI is InChI=1S/C23H14F3N3O5/c24-23(25,26)15-9-10-20(19(13-15)29(32)33)34-17-8-4-5-14(11-17)12-18-21(30)27-28(22(18)31)16-6-2-1-3-7-16/h1-13H,(H,27,30)/b18-12+. The van der Waals surface area contributed by atoms with Gasteiger partial charge in [-0.2, -0.15) is 13.2 Å². The zero-order chi connectivity index (χ0) is 24.5. The first-order chi connectivity index (χ1) is 16.1. The Balaban J connectivity index is 1.61.